The number of aryl methyl sites for hydroxylation is 1. The molecule has 3 heterocycles. The minimum absolute atomic E-state index is 0.0732. The van der Waals surface area contributed by atoms with Gasteiger partial charge in [-0.15, -0.1) is 0 Å². The number of hydrogen-bond acceptors (Lipinski definition) is 4. The summed E-state index contributed by atoms with van der Waals surface area (Å²) in [7, 11) is 1.82. The second-order valence-electron chi connectivity index (χ2n) is 7.28. The van der Waals surface area contributed by atoms with Crippen molar-refractivity contribution in [2.45, 2.75) is 26.1 Å². The zero-order valence-electron chi connectivity index (χ0n) is 17.1. The summed E-state index contributed by atoms with van der Waals surface area (Å²) >= 11 is 0. The summed E-state index contributed by atoms with van der Waals surface area (Å²) < 4.78 is 3.91. The van der Waals surface area contributed by atoms with Crippen LogP contribution in [0, 0.1) is 0 Å². The zero-order valence-corrected chi connectivity index (χ0v) is 17.1. The van der Waals surface area contributed by atoms with E-state index >= 15 is 0 Å². The molecule has 3 aromatic heterocycles. The third kappa shape index (κ3) is 4.58. The van der Waals surface area contributed by atoms with Crippen LogP contribution in [0.5, 0.6) is 0 Å². The molecule has 0 radical (unpaired) electrons. The number of hydrogen-bond donors (Lipinski definition) is 1. The highest BCUT2D eigenvalue weighted by Crippen LogP contribution is 2.16. The van der Waals surface area contributed by atoms with E-state index in [1.54, 1.807) is 11.1 Å². The van der Waals surface area contributed by atoms with E-state index in [1.165, 1.54) is 0 Å². The van der Waals surface area contributed by atoms with Crippen LogP contribution in [0.2, 0.25) is 0 Å². The Balaban J connectivity index is 1.46. The fourth-order valence-corrected chi connectivity index (χ4v) is 3.50. The Kier molecular flexibility index (Phi) is 6.20. The normalized spacial score (nSPS) is 11.1. The number of nitrogens with zero attached hydrogens (tertiary/aromatic N) is 5. The van der Waals surface area contributed by atoms with Crippen LogP contribution in [0.1, 0.15) is 28.2 Å². The molecular weight excluding hydrogens is 376 g/mol. The highest BCUT2D eigenvalue weighted by atomic mass is 16.2. The Hall–Kier alpha value is -3.45. The first-order chi connectivity index (χ1) is 14.7. The minimum atomic E-state index is -0.0732. The Morgan fingerprint density at radius 2 is 1.90 bits per heavy atom. The smallest absolute Gasteiger partial charge is 0.274 e. The number of amides is 1. The van der Waals surface area contributed by atoms with Gasteiger partial charge in [0.25, 0.3) is 5.91 Å². The lowest BCUT2D eigenvalue weighted by atomic mass is 10.2. The van der Waals surface area contributed by atoms with Crippen LogP contribution >= 0.6 is 0 Å². The number of nitrogens with one attached hydrogen (secondary N) is 1. The molecule has 0 atom stereocenters. The predicted molar refractivity (Wildman–Crippen MR) is 116 cm³/mol. The number of benzene rings is 1. The molecule has 0 saturated carbocycles. The summed E-state index contributed by atoms with van der Waals surface area (Å²) in [4.78, 5) is 19.5. The number of aromatic nitrogens is 4. The van der Waals surface area contributed by atoms with Crippen LogP contribution in [-0.2, 0) is 19.6 Å². The lowest BCUT2D eigenvalue weighted by Crippen LogP contribution is -2.28. The SMILES string of the molecule is CN(Cc1ccccc1)C(=O)c1nc2ccccn2c1CNCCCn1cccn1. The van der Waals surface area contributed by atoms with Crippen molar-refractivity contribution in [3.8, 4) is 0 Å². The third-order valence-electron chi connectivity index (χ3n) is 5.03. The average Bonchev–Trinajstić information content (AvgIpc) is 3.42. The summed E-state index contributed by atoms with van der Waals surface area (Å²) in [5.41, 5.74) is 3.26. The maximum atomic E-state index is 13.2. The molecule has 7 heteroatoms. The fraction of sp³-hybridized carbons (Fsp3) is 0.261. The number of carbonyl (C=O) groups excluding carboxylic acids is 1. The fourth-order valence-electron chi connectivity index (χ4n) is 3.50. The monoisotopic (exact) mass is 402 g/mol. The van der Waals surface area contributed by atoms with Crippen molar-refractivity contribution in [2.24, 2.45) is 0 Å². The Morgan fingerprint density at radius 1 is 1.07 bits per heavy atom. The lowest BCUT2D eigenvalue weighted by Gasteiger charge is -2.17. The number of fused-ring (bicyclic) bond motifs is 1. The second-order valence-corrected chi connectivity index (χ2v) is 7.28. The molecule has 4 rings (SSSR count). The third-order valence-corrected chi connectivity index (χ3v) is 5.03. The second kappa shape index (κ2) is 9.37. The molecule has 0 spiro atoms. The van der Waals surface area contributed by atoms with Crippen molar-refractivity contribution in [2.75, 3.05) is 13.6 Å². The van der Waals surface area contributed by atoms with Gasteiger partial charge in [-0.25, -0.2) is 4.98 Å². The maximum Gasteiger partial charge on any atom is 0.274 e. The molecule has 0 fully saturated rings. The molecule has 4 aromatic rings. The number of carbonyl (C=O) groups is 1. The first-order valence-electron chi connectivity index (χ1n) is 10.2. The minimum Gasteiger partial charge on any atom is -0.336 e. The summed E-state index contributed by atoms with van der Waals surface area (Å²) in [6, 6.07) is 17.7. The predicted octanol–water partition coefficient (Wildman–Crippen LogP) is 2.98. The number of imidazole rings is 1. The zero-order chi connectivity index (χ0) is 20.8. The Morgan fingerprint density at radius 3 is 2.70 bits per heavy atom. The Labute approximate surface area is 176 Å². The molecule has 30 heavy (non-hydrogen) atoms. The van der Waals surface area contributed by atoms with Gasteiger partial charge in [-0.1, -0.05) is 36.4 Å². The van der Waals surface area contributed by atoms with Crippen LogP contribution in [0.4, 0.5) is 0 Å². The van der Waals surface area contributed by atoms with Gasteiger partial charge < -0.3 is 14.6 Å². The van der Waals surface area contributed by atoms with Crippen molar-refractivity contribution >= 4 is 11.6 Å². The topological polar surface area (TPSA) is 67.5 Å². The summed E-state index contributed by atoms with van der Waals surface area (Å²) in [5, 5.41) is 7.67. The first kappa shape index (κ1) is 19.8. The van der Waals surface area contributed by atoms with E-state index in [1.807, 2.05) is 83.1 Å². The highest BCUT2D eigenvalue weighted by molar-refractivity contribution is 5.94. The van der Waals surface area contributed by atoms with Crippen LogP contribution in [0.15, 0.2) is 73.2 Å². The molecule has 1 amide bonds. The first-order valence-corrected chi connectivity index (χ1v) is 10.2. The van der Waals surface area contributed by atoms with E-state index in [4.69, 9.17) is 0 Å². The summed E-state index contributed by atoms with van der Waals surface area (Å²) in [6.45, 7) is 2.81. The standard InChI is InChI=1S/C23H26N6O/c1-27(18-19-9-3-2-4-10-19)23(30)22-20(29-16-6-5-11-21(29)26-22)17-24-12-7-14-28-15-8-13-25-28/h2-6,8-11,13,15-16,24H,7,12,14,17-18H2,1H3. The molecule has 0 aliphatic carbocycles. The molecule has 154 valence electrons. The van der Waals surface area contributed by atoms with Crippen molar-refractivity contribution in [3.63, 3.8) is 0 Å². The molecule has 0 saturated heterocycles. The van der Waals surface area contributed by atoms with Gasteiger partial charge in [0.2, 0.25) is 0 Å². The van der Waals surface area contributed by atoms with Gasteiger partial charge in [-0.2, -0.15) is 5.10 Å². The quantitative estimate of drug-likeness (QED) is 0.437. The molecule has 7 nitrogen and oxygen atoms in total. The van der Waals surface area contributed by atoms with Gasteiger partial charge in [0, 0.05) is 45.3 Å². The molecule has 0 aliphatic heterocycles. The van der Waals surface area contributed by atoms with E-state index in [-0.39, 0.29) is 5.91 Å². The van der Waals surface area contributed by atoms with Crippen LogP contribution < -0.4 is 5.32 Å². The van der Waals surface area contributed by atoms with Gasteiger partial charge >= 0.3 is 0 Å². The molecular formula is C23H26N6O. The van der Waals surface area contributed by atoms with Crippen molar-refractivity contribution < 1.29 is 4.79 Å². The van der Waals surface area contributed by atoms with Gasteiger partial charge in [0.15, 0.2) is 5.69 Å². The molecule has 1 aromatic carbocycles. The van der Waals surface area contributed by atoms with Gasteiger partial charge in [-0.05, 0) is 36.7 Å². The summed E-state index contributed by atoms with van der Waals surface area (Å²) in [5.74, 6) is -0.0732. The van der Waals surface area contributed by atoms with Crippen molar-refractivity contribution in [1.82, 2.24) is 29.4 Å². The summed E-state index contributed by atoms with van der Waals surface area (Å²) in [6.07, 6.45) is 6.66. The van der Waals surface area contributed by atoms with Gasteiger partial charge in [0.1, 0.15) is 5.65 Å². The van der Waals surface area contributed by atoms with Gasteiger partial charge in [-0.3, -0.25) is 9.48 Å². The molecule has 1 N–H and O–H groups in total. The van der Waals surface area contributed by atoms with E-state index < -0.39 is 0 Å². The highest BCUT2D eigenvalue weighted by Gasteiger charge is 2.21. The molecule has 0 aliphatic rings. The largest absolute Gasteiger partial charge is 0.336 e. The number of rotatable bonds is 9. The lowest BCUT2D eigenvalue weighted by molar-refractivity contribution is 0.0778. The molecule has 0 bridgehead atoms. The van der Waals surface area contributed by atoms with Crippen molar-refractivity contribution in [1.29, 1.82) is 0 Å². The van der Waals surface area contributed by atoms with Crippen LogP contribution in [0.3, 0.4) is 0 Å². The van der Waals surface area contributed by atoms with Gasteiger partial charge in [0.05, 0.1) is 5.69 Å². The van der Waals surface area contributed by atoms with E-state index in [0.29, 0.717) is 18.8 Å². The van der Waals surface area contributed by atoms with E-state index in [9.17, 15) is 4.79 Å². The average molecular weight is 403 g/mol. The van der Waals surface area contributed by atoms with E-state index in [0.717, 1.165) is 36.4 Å². The van der Waals surface area contributed by atoms with Crippen molar-refractivity contribution in [3.05, 3.63) is 90.1 Å². The Bertz CT molecular complexity index is 1090. The number of pyridine rings is 1. The van der Waals surface area contributed by atoms with E-state index in [2.05, 4.69) is 15.4 Å². The molecule has 0 unspecified atom stereocenters. The maximum absolute atomic E-state index is 13.2. The van der Waals surface area contributed by atoms with Crippen LogP contribution in [0.25, 0.3) is 5.65 Å². The van der Waals surface area contributed by atoms with Crippen LogP contribution in [-0.4, -0.2) is 43.6 Å².